The molecule has 0 fully saturated rings. The molecular formula is C23H29N3+2. The highest BCUT2D eigenvalue weighted by atomic mass is 15.1. The standard InChI is InChI=1S/C23H27N3/c1-26(2)22-15-13-21(14-16-22)23(24-17-19-9-5-3-6-10-19)25-18-20-11-7-4-8-12-20/h3-16,23-25H,17-18H2,1-2H3/p+2. The normalized spacial score (nSPS) is 10.9. The molecule has 0 aliphatic heterocycles. The van der Waals surface area contributed by atoms with E-state index in [1.54, 1.807) is 0 Å². The summed E-state index contributed by atoms with van der Waals surface area (Å²) in [6.45, 7) is 1.96. The van der Waals surface area contributed by atoms with Crippen molar-refractivity contribution in [3.8, 4) is 0 Å². The Kier molecular flexibility index (Phi) is 6.42. The van der Waals surface area contributed by atoms with E-state index in [1.807, 2.05) is 0 Å². The van der Waals surface area contributed by atoms with Crippen molar-refractivity contribution in [2.24, 2.45) is 0 Å². The van der Waals surface area contributed by atoms with E-state index in [0.29, 0.717) is 6.17 Å². The van der Waals surface area contributed by atoms with Gasteiger partial charge in [0.05, 0.1) is 5.56 Å². The molecular weight excluding hydrogens is 318 g/mol. The number of rotatable bonds is 8. The van der Waals surface area contributed by atoms with E-state index >= 15 is 0 Å². The maximum atomic E-state index is 2.42. The first-order valence-electron chi connectivity index (χ1n) is 9.24. The van der Waals surface area contributed by atoms with Gasteiger partial charge < -0.3 is 4.90 Å². The van der Waals surface area contributed by atoms with E-state index < -0.39 is 0 Å². The van der Waals surface area contributed by atoms with Crippen molar-refractivity contribution in [1.82, 2.24) is 0 Å². The van der Waals surface area contributed by atoms with Crippen LogP contribution in [0, 0.1) is 0 Å². The van der Waals surface area contributed by atoms with E-state index in [4.69, 9.17) is 0 Å². The quantitative estimate of drug-likeness (QED) is 0.603. The van der Waals surface area contributed by atoms with Gasteiger partial charge in [-0.3, -0.25) is 10.6 Å². The van der Waals surface area contributed by atoms with Crippen LogP contribution in [0.1, 0.15) is 22.9 Å². The molecule has 0 aliphatic rings. The number of benzene rings is 3. The van der Waals surface area contributed by atoms with Crippen molar-refractivity contribution in [3.05, 3.63) is 102 Å². The minimum atomic E-state index is 0.339. The lowest BCUT2D eigenvalue weighted by atomic mass is 10.1. The van der Waals surface area contributed by atoms with Gasteiger partial charge in [-0.1, -0.05) is 60.7 Å². The molecule has 0 aromatic heterocycles. The van der Waals surface area contributed by atoms with Crippen molar-refractivity contribution in [3.63, 3.8) is 0 Å². The topological polar surface area (TPSA) is 36.5 Å². The summed E-state index contributed by atoms with van der Waals surface area (Å²) in [5.41, 5.74) is 5.30. The van der Waals surface area contributed by atoms with Gasteiger partial charge in [0.15, 0.2) is 0 Å². The maximum absolute atomic E-state index is 2.42. The Morgan fingerprint density at radius 3 is 1.54 bits per heavy atom. The fourth-order valence-electron chi connectivity index (χ4n) is 3.12. The number of hydrogen-bond acceptors (Lipinski definition) is 1. The second kappa shape index (κ2) is 9.18. The van der Waals surface area contributed by atoms with Crippen LogP contribution < -0.4 is 15.5 Å². The highest BCUT2D eigenvalue weighted by Crippen LogP contribution is 2.13. The number of nitrogens with zero attached hydrogens (tertiary/aromatic N) is 1. The van der Waals surface area contributed by atoms with Crippen LogP contribution >= 0.6 is 0 Å². The van der Waals surface area contributed by atoms with Crippen LogP contribution in [-0.2, 0) is 13.1 Å². The summed E-state index contributed by atoms with van der Waals surface area (Å²) in [5, 5.41) is 4.84. The molecule has 0 aliphatic carbocycles. The molecule has 0 radical (unpaired) electrons. The van der Waals surface area contributed by atoms with Crippen LogP contribution in [0.4, 0.5) is 5.69 Å². The molecule has 0 unspecified atom stereocenters. The molecule has 0 spiro atoms. The van der Waals surface area contributed by atoms with Crippen LogP contribution in [-0.4, -0.2) is 14.1 Å². The van der Waals surface area contributed by atoms with Gasteiger partial charge in [0.2, 0.25) is 6.17 Å². The zero-order chi connectivity index (χ0) is 18.2. The van der Waals surface area contributed by atoms with Crippen LogP contribution in [0.15, 0.2) is 84.9 Å². The Balaban J connectivity index is 1.71. The zero-order valence-electron chi connectivity index (χ0n) is 15.7. The largest absolute Gasteiger partial charge is 0.378 e. The first-order chi connectivity index (χ1) is 12.7. The average molecular weight is 348 g/mol. The van der Waals surface area contributed by atoms with Gasteiger partial charge in [-0.05, 0) is 24.3 Å². The van der Waals surface area contributed by atoms with Crippen LogP contribution in [0.25, 0.3) is 0 Å². The molecule has 3 aromatic carbocycles. The third kappa shape index (κ3) is 5.19. The highest BCUT2D eigenvalue weighted by molar-refractivity contribution is 5.46. The van der Waals surface area contributed by atoms with Gasteiger partial charge in [-0.2, -0.15) is 0 Å². The Hall–Kier alpha value is -2.62. The van der Waals surface area contributed by atoms with Gasteiger partial charge in [-0.25, -0.2) is 0 Å². The Morgan fingerprint density at radius 1 is 0.654 bits per heavy atom. The van der Waals surface area contributed by atoms with E-state index in [2.05, 4.69) is 115 Å². The van der Waals surface area contributed by atoms with Crippen molar-refractivity contribution >= 4 is 5.69 Å². The molecule has 3 nitrogen and oxygen atoms in total. The minimum absolute atomic E-state index is 0.339. The van der Waals surface area contributed by atoms with Crippen molar-refractivity contribution in [2.45, 2.75) is 19.3 Å². The molecule has 0 heterocycles. The molecule has 26 heavy (non-hydrogen) atoms. The molecule has 3 heteroatoms. The van der Waals surface area contributed by atoms with Crippen molar-refractivity contribution < 1.29 is 10.6 Å². The van der Waals surface area contributed by atoms with Gasteiger partial charge in [0, 0.05) is 30.9 Å². The van der Waals surface area contributed by atoms with Crippen molar-refractivity contribution in [1.29, 1.82) is 0 Å². The molecule has 0 amide bonds. The monoisotopic (exact) mass is 347 g/mol. The summed E-state index contributed by atoms with van der Waals surface area (Å²) in [4.78, 5) is 2.14. The predicted octanol–water partition coefficient (Wildman–Crippen LogP) is 2.28. The maximum Gasteiger partial charge on any atom is 0.237 e. The molecule has 0 saturated heterocycles. The highest BCUT2D eigenvalue weighted by Gasteiger charge is 2.18. The summed E-state index contributed by atoms with van der Waals surface area (Å²) in [5.74, 6) is 0. The number of quaternary nitrogens is 2. The van der Waals surface area contributed by atoms with E-state index in [0.717, 1.165) is 13.1 Å². The van der Waals surface area contributed by atoms with Crippen molar-refractivity contribution in [2.75, 3.05) is 19.0 Å². The smallest absolute Gasteiger partial charge is 0.237 e. The van der Waals surface area contributed by atoms with E-state index in [9.17, 15) is 0 Å². The summed E-state index contributed by atoms with van der Waals surface area (Å²) in [7, 11) is 4.16. The first-order valence-corrected chi connectivity index (χ1v) is 9.24. The van der Waals surface area contributed by atoms with Gasteiger partial charge in [-0.15, -0.1) is 0 Å². The lowest BCUT2D eigenvalue weighted by Gasteiger charge is -2.17. The number of anilines is 1. The molecule has 134 valence electrons. The Bertz CT molecular complexity index is 724. The summed E-state index contributed by atoms with van der Waals surface area (Å²) < 4.78 is 0. The molecule has 3 aromatic rings. The molecule has 0 atom stereocenters. The zero-order valence-corrected chi connectivity index (χ0v) is 15.7. The second-order valence-electron chi connectivity index (χ2n) is 6.86. The summed E-state index contributed by atoms with van der Waals surface area (Å²) in [6.07, 6.45) is 0.339. The minimum Gasteiger partial charge on any atom is -0.378 e. The number of hydrogen-bond donors (Lipinski definition) is 2. The lowest BCUT2D eigenvalue weighted by molar-refractivity contribution is -0.927. The summed E-state index contributed by atoms with van der Waals surface area (Å²) >= 11 is 0. The fraction of sp³-hybridized carbons (Fsp3) is 0.217. The number of nitrogens with two attached hydrogens (primary N) is 2. The SMILES string of the molecule is CN(C)c1ccc(C([NH2+]Cc2ccccc2)[NH2+]Cc2ccccc2)cc1. The molecule has 3 rings (SSSR count). The molecule has 4 N–H and O–H groups in total. The molecule has 0 saturated carbocycles. The predicted molar refractivity (Wildman–Crippen MR) is 108 cm³/mol. The van der Waals surface area contributed by atoms with Crippen LogP contribution in [0.5, 0.6) is 0 Å². The van der Waals surface area contributed by atoms with E-state index in [-0.39, 0.29) is 0 Å². The molecule has 0 bridgehead atoms. The Labute approximate surface area is 156 Å². The average Bonchev–Trinajstić information content (AvgIpc) is 2.70. The van der Waals surface area contributed by atoms with Gasteiger partial charge in [0.1, 0.15) is 13.1 Å². The van der Waals surface area contributed by atoms with Crippen LogP contribution in [0.2, 0.25) is 0 Å². The lowest BCUT2D eigenvalue weighted by Crippen LogP contribution is -3.04. The fourth-order valence-corrected chi connectivity index (χ4v) is 3.12. The Morgan fingerprint density at radius 2 is 1.12 bits per heavy atom. The van der Waals surface area contributed by atoms with Gasteiger partial charge in [0.25, 0.3) is 0 Å². The third-order valence-electron chi connectivity index (χ3n) is 4.70. The van der Waals surface area contributed by atoms with Gasteiger partial charge >= 0.3 is 0 Å². The summed E-state index contributed by atoms with van der Waals surface area (Å²) in [6, 6.07) is 30.3. The van der Waals surface area contributed by atoms with Crippen LogP contribution in [0.3, 0.4) is 0 Å². The third-order valence-corrected chi connectivity index (χ3v) is 4.70. The van der Waals surface area contributed by atoms with E-state index in [1.165, 1.54) is 22.4 Å². The second-order valence-corrected chi connectivity index (χ2v) is 6.86. The first kappa shape index (κ1) is 18.2.